The molecule has 3 aromatic rings. The quantitative estimate of drug-likeness (QED) is 0.676. The Balaban J connectivity index is 1.68. The van der Waals surface area contributed by atoms with E-state index in [1.807, 2.05) is 13.8 Å². The third-order valence-corrected chi connectivity index (χ3v) is 3.48. The summed E-state index contributed by atoms with van der Waals surface area (Å²) in [6, 6.07) is 14.5. The van der Waals surface area contributed by atoms with Gasteiger partial charge in [-0.25, -0.2) is 14.4 Å². The van der Waals surface area contributed by atoms with Crippen LogP contribution in [-0.4, -0.2) is 22.0 Å². The van der Waals surface area contributed by atoms with Gasteiger partial charge in [0, 0.05) is 17.4 Å². The molecule has 0 atom stereocenters. The largest absolute Gasteiger partial charge is 0.491 e. The van der Waals surface area contributed by atoms with Crippen molar-refractivity contribution in [2.75, 3.05) is 10.6 Å². The Hall–Kier alpha value is -3.48. The minimum Gasteiger partial charge on any atom is -0.491 e. The maximum atomic E-state index is 13.3. The van der Waals surface area contributed by atoms with Crippen molar-refractivity contribution < 1.29 is 13.9 Å². The molecule has 0 saturated carbocycles. The molecule has 1 amide bonds. The summed E-state index contributed by atoms with van der Waals surface area (Å²) in [5, 5.41) is 5.71. The summed E-state index contributed by atoms with van der Waals surface area (Å²) in [6.45, 7) is 3.89. The lowest BCUT2D eigenvalue weighted by Crippen LogP contribution is -2.14. The van der Waals surface area contributed by atoms with Crippen LogP contribution in [0.1, 0.15) is 24.3 Å². The zero-order valence-corrected chi connectivity index (χ0v) is 14.9. The van der Waals surface area contributed by atoms with E-state index in [1.165, 1.54) is 24.5 Å². The molecule has 2 N–H and O–H groups in total. The van der Waals surface area contributed by atoms with Crippen molar-refractivity contribution in [1.29, 1.82) is 0 Å². The molecule has 0 bridgehead atoms. The van der Waals surface area contributed by atoms with Crippen molar-refractivity contribution in [3.05, 3.63) is 72.4 Å². The smallest absolute Gasteiger partial charge is 0.274 e. The van der Waals surface area contributed by atoms with Crippen LogP contribution in [0.25, 0.3) is 0 Å². The van der Waals surface area contributed by atoms with Crippen molar-refractivity contribution in [2.24, 2.45) is 0 Å². The van der Waals surface area contributed by atoms with Gasteiger partial charge in [0.15, 0.2) is 0 Å². The second-order valence-electron chi connectivity index (χ2n) is 6.07. The molecule has 0 saturated heterocycles. The van der Waals surface area contributed by atoms with Gasteiger partial charge in [-0.15, -0.1) is 0 Å². The number of nitrogens with zero attached hydrogens (tertiary/aromatic N) is 2. The number of halogens is 1. The second kappa shape index (κ2) is 8.27. The molecule has 1 heterocycles. The van der Waals surface area contributed by atoms with E-state index < -0.39 is 0 Å². The summed E-state index contributed by atoms with van der Waals surface area (Å²) in [5.74, 6) is 0.377. The van der Waals surface area contributed by atoms with Crippen LogP contribution in [0.5, 0.6) is 5.75 Å². The van der Waals surface area contributed by atoms with Gasteiger partial charge in [-0.2, -0.15) is 0 Å². The lowest BCUT2D eigenvalue weighted by atomic mass is 10.2. The molecule has 0 aliphatic carbocycles. The van der Waals surface area contributed by atoms with Crippen molar-refractivity contribution in [1.82, 2.24) is 9.97 Å². The van der Waals surface area contributed by atoms with Crippen LogP contribution in [0.15, 0.2) is 60.9 Å². The highest BCUT2D eigenvalue weighted by atomic mass is 19.1. The van der Waals surface area contributed by atoms with Gasteiger partial charge in [-0.3, -0.25) is 4.79 Å². The highest BCUT2D eigenvalue weighted by molar-refractivity contribution is 6.03. The molecule has 0 radical (unpaired) electrons. The molecular formula is C20H19FN4O2. The highest BCUT2D eigenvalue weighted by Gasteiger charge is 2.10. The predicted octanol–water partition coefficient (Wildman–Crippen LogP) is 4.40. The molecule has 138 valence electrons. The number of benzene rings is 2. The molecule has 7 heteroatoms. The second-order valence-corrected chi connectivity index (χ2v) is 6.07. The summed E-state index contributed by atoms with van der Waals surface area (Å²) in [6.07, 6.45) is 1.35. The topological polar surface area (TPSA) is 76.1 Å². The molecule has 27 heavy (non-hydrogen) atoms. The number of nitrogens with one attached hydrogen (secondary N) is 2. The summed E-state index contributed by atoms with van der Waals surface area (Å²) in [4.78, 5) is 20.5. The fourth-order valence-electron chi connectivity index (χ4n) is 2.35. The van der Waals surface area contributed by atoms with Gasteiger partial charge in [0.1, 0.15) is 29.4 Å². The first-order valence-electron chi connectivity index (χ1n) is 8.42. The van der Waals surface area contributed by atoms with Gasteiger partial charge in [0.05, 0.1) is 6.10 Å². The van der Waals surface area contributed by atoms with Gasteiger partial charge >= 0.3 is 0 Å². The van der Waals surface area contributed by atoms with E-state index in [1.54, 1.807) is 36.4 Å². The fourth-order valence-corrected chi connectivity index (χ4v) is 2.35. The number of rotatable bonds is 6. The Morgan fingerprint density at radius 3 is 2.52 bits per heavy atom. The molecule has 0 spiro atoms. The van der Waals surface area contributed by atoms with E-state index in [0.29, 0.717) is 17.2 Å². The van der Waals surface area contributed by atoms with Crippen molar-refractivity contribution in [3.8, 4) is 5.75 Å². The number of ether oxygens (including phenoxy) is 1. The van der Waals surface area contributed by atoms with Gasteiger partial charge in [-0.05, 0) is 56.3 Å². The minimum atomic E-state index is -0.378. The van der Waals surface area contributed by atoms with Gasteiger partial charge < -0.3 is 15.4 Å². The van der Waals surface area contributed by atoms with Crippen LogP contribution >= 0.6 is 0 Å². The van der Waals surface area contributed by atoms with E-state index in [4.69, 9.17) is 4.74 Å². The number of hydrogen-bond acceptors (Lipinski definition) is 5. The van der Waals surface area contributed by atoms with E-state index in [9.17, 15) is 9.18 Å². The van der Waals surface area contributed by atoms with Crippen molar-refractivity contribution >= 4 is 23.1 Å². The van der Waals surface area contributed by atoms with Crippen LogP contribution in [-0.2, 0) is 0 Å². The molecule has 0 aliphatic heterocycles. The molecule has 2 aromatic carbocycles. The average Bonchev–Trinajstić information content (AvgIpc) is 2.63. The monoisotopic (exact) mass is 366 g/mol. The Bertz CT molecular complexity index is 929. The molecule has 1 aromatic heterocycles. The molecule has 0 unspecified atom stereocenters. The number of anilines is 3. The van der Waals surface area contributed by atoms with Gasteiger partial charge in [0.25, 0.3) is 5.91 Å². The molecule has 3 rings (SSSR count). The maximum absolute atomic E-state index is 13.3. The number of carbonyl (C=O) groups excluding carboxylic acids is 1. The Kier molecular flexibility index (Phi) is 5.61. The molecule has 6 nitrogen and oxygen atoms in total. The highest BCUT2D eigenvalue weighted by Crippen LogP contribution is 2.19. The Morgan fingerprint density at radius 2 is 1.81 bits per heavy atom. The predicted molar refractivity (Wildman–Crippen MR) is 102 cm³/mol. The van der Waals surface area contributed by atoms with Crippen LogP contribution < -0.4 is 15.4 Å². The fraction of sp³-hybridized carbons (Fsp3) is 0.150. The summed E-state index contributed by atoms with van der Waals surface area (Å²) in [5.41, 5.74) is 1.33. The first-order valence-corrected chi connectivity index (χ1v) is 8.42. The maximum Gasteiger partial charge on any atom is 0.274 e. The normalized spacial score (nSPS) is 10.5. The average molecular weight is 366 g/mol. The van der Waals surface area contributed by atoms with E-state index >= 15 is 0 Å². The minimum absolute atomic E-state index is 0.0791. The van der Waals surface area contributed by atoms with Gasteiger partial charge in [-0.1, -0.05) is 6.07 Å². The first-order chi connectivity index (χ1) is 13.0. The van der Waals surface area contributed by atoms with Crippen LogP contribution in [0.2, 0.25) is 0 Å². The van der Waals surface area contributed by atoms with Gasteiger partial charge in [0.2, 0.25) is 0 Å². The van der Waals surface area contributed by atoms with E-state index in [0.717, 1.165) is 5.75 Å². The molecular weight excluding hydrogens is 347 g/mol. The van der Waals surface area contributed by atoms with E-state index in [2.05, 4.69) is 20.6 Å². The Labute approximate surface area is 156 Å². The molecule has 0 aliphatic rings. The summed E-state index contributed by atoms with van der Waals surface area (Å²) in [7, 11) is 0. The lowest BCUT2D eigenvalue weighted by molar-refractivity contribution is 0.102. The first kappa shape index (κ1) is 18.3. The van der Waals surface area contributed by atoms with Crippen LogP contribution in [0.3, 0.4) is 0 Å². The third kappa shape index (κ3) is 5.24. The van der Waals surface area contributed by atoms with Crippen LogP contribution in [0.4, 0.5) is 21.6 Å². The molecule has 0 fully saturated rings. The standard InChI is InChI=1S/C20H19FN4O2/c1-13(2)27-17-8-6-15(7-9-17)25-20(26)18-11-19(23-12-22-18)24-16-5-3-4-14(21)10-16/h3-13H,1-2H3,(H,25,26)(H,22,23,24). The third-order valence-electron chi connectivity index (χ3n) is 3.48. The van der Waals surface area contributed by atoms with Crippen molar-refractivity contribution in [3.63, 3.8) is 0 Å². The summed E-state index contributed by atoms with van der Waals surface area (Å²) < 4.78 is 18.8. The number of carbonyl (C=O) groups is 1. The van der Waals surface area contributed by atoms with E-state index in [-0.39, 0.29) is 23.5 Å². The number of hydrogen-bond donors (Lipinski definition) is 2. The van der Waals surface area contributed by atoms with Crippen molar-refractivity contribution in [2.45, 2.75) is 20.0 Å². The summed E-state index contributed by atoms with van der Waals surface area (Å²) >= 11 is 0. The zero-order valence-electron chi connectivity index (χ0n) is 14.9. The van der Waals surface area contributed by atoms with Crippen LogP contribution in [0, 0.1) is 5.82 Å². The Morgan fingerprint density at radius 1 is 1.04 bits per heavy atom. The SMILES string of the molecule is CC(C)Oc1ccc(NC(=O)c2cc(Nc3cccc(F)c3)ncn2)cc1. The number of amides is 1. The number of aromatic nitrogens is 2. The lowest BCUT2D eigenvalue weighted by Gasteiger charge is -2.11. The zero-order chi connectivity index (χ0) is 19.2.